The number of benzene rings is 1. The molecule has 1 aromatic carbocycles. The van der Waals surface area contributed by atoms with Gasteiger partial charge in [-0.3, -0.25) is 9.59 Å². The van der Waals surface area contributed by atoms with Gasteiger partial charge in [-0.2, -0.15) is 0 Å². The predicted octanol–water partition coefficient (Wildman–Crippen LogP) is 1.28. The van der Waals surface area contributed by atoms with Crippen molar-refractivity contribution in [3.8, 4) is 0 Å². The first-order valence-electron chi connectivity index (χ1n) is 7.21. The van der Waals surface area contributed by atoms with Crippen LogP contribution in [0.15, 0.2) is 30.3 Å². The first kappa shape index (κ1) is 15.5. The van der Waals surface area contributed by atoms with Gasteiger partial charge < -0.3 is 14.5 Å². The van der Waals surface area contributed by atoms with Gasteiger partial charge in [-0.15, -0.1) is 0 Å². The molecular weight excluding hydrogens is 268 g/mol. The van der Waals surface area contributed by atoms with Crippen LogP contribution in [0.1, 0.15) is 19.4 Å². The van der Waals surface area contributed by atoms with Crippen LogP contribution in [-0.4, -0.2) is 54.0 Å². The van der Waals surface area contributed by atoms with Crippen LogP contribution in [0.4, 0.5) is 0 Å². The molecule has 1 aliphatic rings. The average Bonchev–Trinajstić information content (AvgIpc) is 2.45. The monoisotopic (exact) mass is 290 g/mol. The molecule has 0 saturated carbocycles. The molecule has 1 fully saturated rings. The fourth-order valence-corrected chi connectivity index (χ4v) is 2.57. The zero-order valence-corrected chi connectivity index (χ0v) is 12.8. The van der Waals surface area contributed by atoms with E-state index >= 15 is 0 Å². The molecule has 2 atom stereocenters. The second-order valence-corrected chi connectivity index (χ2v) is 5.61. The first-order valence-corrected chi connectivity index (χ1v) is 7.21. The maximum Gasteiger partial charge on any atom is 0.312 e. The van der Waals surface area contributed by atoms with Crippen molar-refractivity contribution in [2.24, 2.45) is 0 Å². The molecule has 0 radical (unpaired) electrons. The summed E-state index contributed by atoms with van der Waals surface area (Å²) in [5.41, 5.74) is 1.00. The third kappa shape index (κ3) is 4.04. The van der Waals surface area contributed by atoms with E-state index in [1.807, 2.05) is 44.2 Å². The molecule has 5 heteroatoms. The van der Waals surface area contributed by atoms with E-state index in [-0.39, 0.29) is 12.2 Å². The number of ether oxygens (including phenoxy) is 1. The summed E-state index contributed by atoms with van der Waals surface area (Å²) in [5.74, 6) is -0.921. The summed E-state index contributed by atoms with van der Waals surface area (Å²) in [7, 11) is 1.65. The molecule has 2 amide bonds. The quantitative estimate of drug-likeness (QED) is 0.771. The van der Waals surface area contributed by atoms with E-state index in [1.54, 1.807) is 11.9 Å². The summed E-state index contributed by atoms with van der Waals surface area (Å²) in [6.45, 7) is 5.19. The fourth-order valence-electron chi connectivity index (χ4n) is 2.57. The Hall–Kier alpha value is -1.88. The van der Waals surface area contributed by atoms with Crippen LogP contribution in [0.25, 0.3) is 0 Å². The van der Waals surface area contributed by atoms with Crippen LogP contribution in [0.3, 0.4) is 0 Å². The highest BCUT2D eigenvalue weighted by molar-refractivity contribution is 6.34. The molecule has 1 aromatic rings. The number of carbonyl (C=O) groups excluding carboxylic acids is 2. The largest absolute Gasteiger partial charge is 0.372 e. The van der Waals surface area contributed by atoms with Gasteiger partial charge in [0.25, 0.3) is 0 Å². The van der Waals surface area contributed by atoms with Crippen LogP contribution in [0, 0.1) is 0 Å². The highest BCUT2D eigenvalue weighted by Crippen LogP contribution is 2.12. The van der Waals surface area contributed by atoms with Gasteiger partial charge in [0.1, 0.15) is 0 Å². The Morgan fingerprint density at radius 3 is 2.33 bits per heavy atom. The van der Waals surface area contributed by atoms with E-state index < -0.39 is 11.8 Å². The Kier molecular flexibility index (Phi) is 4.96. The number of morpholine rings is 1. The molecule has 2 rings (SSSR count). The zero-order chi connectivity index (χ0) is 15.4. The molecule has 0 spiro atoms. The molecule has 0 bridgehead atoms. The average molecular weight is 290 g/mol. The van der Waals surface area contributed by atoms with E-state index in [0.717, 1.165) is 5.56 Å². The SMILES string of the molecule is CC1CN(C(=O)C(=O)N(C)Cc2ccccc2)CC(C)O1. The molecule has 1 heterocycles. The number of amides is 2. The summed E-state index contributed by atoms with van der Waals surface area (Å²) in [6, 6.07) is 9.63. The van der Waals surface area contributed by atoms with Crippen LogP contribution in [0.2, 0.25) is 0 Å². The fraction of sp³-hybridized carbons (Fsp3) is 0.500. The Bertz CT molecular complexity index is 494. The molecule has 0 aliphatic carbocycles. The van der Waals surface area contributed by atoms with Crippen LogP contribution < -0.4 is 0 Å². The van der Waals surface area contributed by atoms with Crippen molar-refractivity contribution in [2.75, 3.05) is 20.1 Å². The highest BCUT2D eigenvalue weighted by Gasteiger charge is 2.31. The summed E-state index contributed by atoms with van der Waals surface area (Å²) in [5, 5.41) is 0. The highest BCUT2D eigenvalue weighted by atomic mass is 16.5. The normalized spacial score (nSPS) is 22.0. The van der Waals surface area contributed by atoms with E-state index in [4.69, 9.17) is 4.74 Å². The predicted molar refractivity (Wildman–Crippen MR) is 79.5 cm³/mol. The summed E-state index contributed by atoms with van der Waals surface area (Å²) in [6.07, 6.45) is -0.0742. The molecule has 0 N–H and O–H groups in total. The Morgan fingerprint density at radius 2 is 1.76 bits per heavy atom. The maximum absolute atomic E-state index is 12.3. The molecule has 0 aromatic heterocycles. The standard InChI is InChI=1S/C16H22N2O3/c1-12-9-18(10-13(2)21-12)16(20)15(19)17(3)11-14-7-5-4-6-8-14/h4-8,12-13H,9-11H2,1-3H3. The van der Waals surface area contributed by atoms with Gasteiger partial charge >= 0.3 is 11.8 Å². The Morgan fingerprint density at radius 1 is 1.19 bits per heavy atom. The lowest BCUT2D eigenvalue weighted by atomic mass is 10.2. The van der Waals surface area contributed by atoms with E-state index in [9.17, 15) is 9.59 Å². The minimum atomic E-state index is -0.472. The van der Waals surface area contributed by atoms with E-state index in [1.165, 1.54) is 4.90 Å². The lowest BCUT2D eigenvalue weighted by Crippen LogP contribution is -2.52. The van der Waals surface area contributed by atoms with Crippen LogP contribution in [-0.2, 0) is 20.9 Å². The number of carbonyl (C=O) groups is 2. The topological polar surface area (TPSA) is 49.9 Å². The molecule has 5 nitrogen and oxygen atoms in total. The van der Waals surface area contributed by atoms with Crippen molar-refractivity contribution in [2.45, 2.75) is 32.6 Å². The van der Waals surface area contributed by atoms with Crippen molar-refractivity contribution in [3.63, 3.8) is 0 Å². The van der Waals surface area contributed by atoms with Gasteiger partial charge in [0.05, 0.1) is 12.2 Å². The minimum absolute atomic E-state index is 0.0371. The lowest BCUT2D eigenvalue weighted by Gasteiger charge is -2.35. The third-order valence-corrected chi connectivity index (χ3v) is 3.50. The van der Waals surface area contributed by atoms with Crippen molar-refractivity contribution in [1.82, 2.24) is 9.80 Å². The smallest absolute Gasteiger partial charge is 0.312 e. The van der Waals surface area contributed by atoms with Crippen molar-refractivity contribution < 1.29 is 14.3 Å². The molecule has 1 aliphatic heterocycles. The zero-order valence-electron chi connectivity index (χ0n) is 12.8. The van der Waals surface area contributed by atoms with Gasteiger partial charge in [-0.05, 0) is 19.4 Å². The second kappa shape index (κ2) is 6.72. The van der Waals surface area contributed by atoms with E-state index in [0.29, 0.717) is 19.6 Å². The van der Waals surface area contributed by atoms with Crippen molar-refractivity contribution in [1.29, 1.82) is 0 Å². The summed E-state index contributed by atoms with van der Waals surface area (Å²) >= 11 is 0. The van der Waals surface area contributed by atoms with E-state index in [2.05, 4.69) is 0 Å². The number of likely N-dealkylation sites (N-methyl/N-ethyl adjacent to an activating group) is 1. The Balaban J connectivity index is 1.97. The van der Waals surface area contributed by atoms with Crippen molar-refractivity contribution in [3.05, 3.63) is 35.9 Å². The van der Waals surface area contributed by atoms with Gasteiger partial charge in [0, 0.05) is 26.7 Å². The Labute approximate surface area is 125 Å². The number of hydrogen-bond acceptors (Lipinski definition) is 3. The summed E-state index contributed by atoms with van der Waals surface area (Å²) < 4.78 is 5.58. The molecule has 2 unspecified atom stereocenters. The maximum atomic E-state index is 12.3. The molecular formula is C16H22N2O3. The number of nitrogens with zero attached hydrogens (tertiary/aromatic N) is 2. The molecule has 114 valence electrons. The van der Waals surface area contributed by atoms with Crippen LogP contribution >= 0.6 is 0 Å². The molecule has 1 saturated heterocycles. The lowest BCUT2D eigenvalue weighted by molar-refractivity contribution is -0.158. The van der Waals surface area contributed by atoms with Gasteiger partial charge in [0.15, 0.2) is 0 Å². The third-order valence-electron chi connectivity index (χ3n) is 3.50. The molecule has 21 heavy (non-hydrogen) atoms. The van der Waals surface area contributed by atoms with Crippen LogP contribution in [0.5, 0.6) is 0 Å². The number of hydrogen-bond donors (Lipinski definition) is 0. The van der Waals surface area contributed by atoms with Gasteiger partial charge in [-0.1, -0.05) is 30.3 Å². The van der Waals surface area contributed by atoms with Gasteiger partial charge in [0.2, 0.25) is 0 Å². The van der Waals surface area contributed by atoms with Gasteiger partial charge in [-0.25, -0.2) is 0 Å². The first-order chi connectivity index (χ1) is 9.97. The minimum Gasteiger partial charge on any atom is -0.372 e. The number of rotatable bonds is 2. The summed E-state index contributed by atoms with van der Waals surface area (Å²) in [4.78, 5) is 27.6. The van der Waals surface area contributed by atoms with Crippen molar-refractivity contribution >= 4 is 11.8 Å². The second-order valence-electron chi connectivity index (χ2n) is 5.61.